The SMILES string of the molecule is CC1=NC2(C)C3OC=CC34Cc3ccccc3C([C@@H]2C(=O)O)C14C(=O)O. The van der Waals surface area contributed by atoms with Crippen molar-refractivity contribution in [2.75, 3.05) is 0 Å². The summed E-state index contributed by atoms with van der Waals surface area (Å²) in [5.41, 5.74) is -0.959. The molecule has 1 aromatic rings. The fourth-order valence-electron chi connectivity index (χ4n) is 6.52. The van der Waals surface area contributed by atoms with E-state index in [9.17, 15) is 19.8 Å². The maximum absolute atomic E-state index is 12.8. The van der Waals surface area contributed by atoms with Gasteiger partial charge in [-0.05, 0) is 37.5 Å². The lowest BCUT2D eigenvalue weighted by Crippen LogP contribution is -2.78. The molecule has 6 nitrogen and oxygen atoms in total. The van der Waals surface area contributed by atoms with Crippen LogP contribution < -0.4 is 0 Å². The van der Waals surface area contributed by atoms with Crippen molar-refractivity contribution in [1.29, 1.82) is 0 Å². The molecule has 1 spiro atoms. The molecule has 3 aliphatic heterocycles. The number of rotatable bonds is 2. The van der Waals surface area contributed by atoms with Crippen LogP contribution in [0.15, 0.2) is 41.6 Å². The van der Waals surface area contributed by atoms with E-state index in [2.05, 4.69) is 4.99 Å². The first kappa shape index (κ1) is 15.6. The third-order valence-corrected chi connectivity index (χ3v) is 7.20. The van der Waals surface area contributed by atoms with E-state index in [1.165, 1.54) is 0 Å². The first-order chi connectivity index (χ1) is 12.3. The lowest BCUT2D eigenvalue weighted by molar-refractivity contribution is -0.187. The van der Waals surface area contributed by atoms with Crippen molar-refractivity contribution in [2.45, 2.75) is 37.8 Å². The Labute approximate surface area is 150 Å². The number of carboxylic acid groups (broad SMARTS) is 2. The number of hydrogen-bond acceptors (Lipinski definition) is 4. The number of aliphatic imine (C=N–C) groups is 1. The van der Waals surface area contributed by atoms with Crippen LogP contribution in [0.25, 0.3) is 0 Å². The van der Waals surface area contributed by atoms with Gasteiger partial charge in [0.25, 0.3) is 0 Å². The van der Waals surface area contributed by atoms with Crippen molar-refractivity contribution in [2.24, 2.45) is 21.7 Å². The minimum absolute atomic E-state index is 0.496. The average Bonchev–Trinajstić information content (AvgIpc) is 2.99. The third-order valence-electron chi connectivity index (χ3n) is 7.20. The van der Waals surface area contributed by atoms with E-state index in [1.54, 1.807) is 20.1 Å². The third kappa shape index (κ3) is 1.31. The maximum Gasteiger partial charge on any atom is 0.317 e. The van der Waals surface area contributed by atoms with Crippen LogP contribution in [0.1, 0.15) is 30.9 Å². The molecule has 26 heavy (non-hydrogen) atoms. The summed E-state index contributed by atoms with van der Waals surface area (Å²) in [6.07, 6.45) is 3.29. The minimum Gasteiger partial charge on any atom is -0.495 e. The zero-order chi connectivity index (χ0) is 18.5. The molecule has 2 aliphatic carbocycles. The highest BCUT2D eigenvalue weighted by Gasteiger charge is 2.82. The molecule has 6 heteroatoms. The predicted molar refractivity (Wildman–Crippen MR) is 92.0 cm³/mol. The van der Waals surface area contributed by atoms with Gasteiger partial charge in [0.1, 0.15) is 17.1 Å². The Morgan fingerprint density at radius 1 is 1.27 bits per heavy atom. The molecule has 0 amide bonds. The fraction of sp³-hybridized carbons (Fsp3) is 0.450. The average molecular weight is 353 g/mol. The molecule has 4 bridgehead atoms. The van der Waals surface area contributed by atoms with Crippen molar-refractivity contribution in [3.8, 4) is 0 Å². The molecular formula is C20H19NO5. The van der Waals surface area contributed by atoms with Gasteiger partial charge in [0, 0.05) is 11.6 Å². The van der Waals surface area contributed by atoms with Gasteiger partial charge in [-0.15, -0.1) is 0 Å². The van der Waals surface area contributed by atoms with Gasteiger partial charge >= 0.3 is 11.9 Å². The van der Waals surface area contributed by atoms with Gasteiger partial charge in [0.05, 0.1) is 17.6 Å². The predicted octanol–water partition coefficient (Wildman–Crippen LogP) is 2.24. The first-order valence-electron chi connectivity index (χ1n) is 8.75. The second kappa shape index (κ2) is 4.37. The highest BCUT2D eigenvalue weighted by Crippen LogP contribution is 2.73. The zero-order valence-corrected chi connectivity index (χ0v) is 14.5. The molecule has 0 aromatic heterocycles. The number of carboxylic acids is 2. The molecular weight excluding hydrogens is 334 g/mol. The van der Waals surface area contributed by atoms with Gasteiger partial charge in [-0.3, -0.25) is 14.6 Å². The number of fused-ring (bicyclic) bond motifs is 1. The largest absolute Gasteiger partial charge is 0.495 e. The van der Waals surface area contributed by atoms with E-state index in [-0.39, 0.29) is 0 Å². The van der Waals surface area contributed by atoms with E-state index in [1.807, 2.05) is 30.3 Å². The minimum atomic E-state index is -1.42. The number of ether oxygens (including phenoxy) is 1. The van der Waals surface area contributed by atoms with Gasteiger partial charge in [-0.25, -0.2) is 0 Å². The number of carbonyl (C=O) groups is 2. The summed E-state index contributed by atoms with van der Waals surface area (Å²) in [7, 11) is 0. The molecule has 0 radical (unpaired) electrons. The van der Waals surface area contributed by atoms with Crippen LogP contribution in [0.2, 0.25) is 0 Å². The molecule has 5 unspecified atom stereocenters. The standard InChI is InChI=1S/C20H19NO5/c1-10-20(17(24)25)13-12-6-4-3-5-11(12)9-19(20)7-8-26-16(19)18(2,21-10)14(13)15(22)23/h3-8,13-14,16H,9H2,1-2H3,(H,22,23)(H,24,25)/t13?,14-,16?,18?,19?,20?/m1/s1. The van der Waals surface area contributed by atoms with Crippen molar-refractivity contribution >= 4 is 17.7 Å². The Hall–Kier alpha value is -2.63. The van der Waals surface area contributed by atoms with Gasteiger partial charge in [0.15, 0.2) is 0 Å². The van der Waals surface area contributed by atoms with Crippen molar-refractivity contribution in [3.63, 3.8) is 0 Å². The topological polar surface area (TPSA) is 96.2 Å². The summed E-state index contributed by atoms with van der Waals surface area (Å²) in [6, 6.07) is 7.60. The summed E-state index contributed by atoms with van der Waals surface area (Å²) < 4.78 is 5.87. The molecule has 3 heterocycles. The van der Waals surface area contributed by atoms with Crippen LogP contribution in [0.5, 0.6) is 0 Å². The molecule has 1 aromatic carbocycles. The molecule has 1 fully saturated rings. The quantitative estimate of drug-likeness (QED) is 0.850. The Bertz CT molecular complexity index is 936. The van der Waals surface area contributed by atoms with Crippen molar-refractivity contribution in [3.05, 3.63) is 47.7 Å². The normalized spacial score (nSPS) is 43.9. The lowest BCUT2D eigenvalue weighted by atomic mass is 9.36. The van der Waals surface area contributed by atoms with Crippen LogP contribution >= 0.6 is 0 Å². The summed E-state index contributed by atoms with van der Waals surface area (Å²) >= 11 is 0. The van der Waals surface area contributed by atoms with E-state index in [0.29, 0.717) is 12.1 Å². The Kier molecular flexibility index (Phi) is 2.62. The van der Waals surface area contributed by atoms with Crippen molar-refractivity contribution in [1.82, 2.24) is 0 Å². The summed E-state index contributed by atoms with van der Waals surface area (Å²) in [6.45, 7) is 3.53. The van der Waals surface area contributed by atoms with Gasteiger partial charge in [-0.2, -0.15) is 0 Å². The molecule has 0 saturated heterocycles. The zero-order valence-electron chi connectivity index (χ0n) is 14.5. The van der Waals surface area contributed by atoms with Crippen LogP contribution in [-0.4, -0.2) is 39.5 Å². The van der Waals surface area contributed by atoms with Gasteiger partial charge in [0.2, 0.25) is 0 Å². The van der Waals surface area contributed by atoms with Crippen LogP contribution in [0, 0.1) is 16.7 Å². The highest BCUT2D eigenvalue weighted by atomic mass is 16.5. The summed E-state index contributed by atoms with van der Waals surface area (Å²) in [5, 5.41) is 20.6. The second-order valence-electron chi connectivity index (χ2n) is 8.06. The maximum atomic E-state index is 12.8. The van der Waals surface area contributed by atoms with Gasteiger partial charge in [-0.1, -0.05) is 24.3 Å². The number of benzene rings is 1. The fourth-order valence-corrected chi connectivity index (χ4v) is 6.52. The van der Waals surface area contributed by atoms with E-state index < -0.39 is 46.2 Å². The molecule has 5 aliphatic rings. The van der Waals surface area contributed by atoms with E-state index in [0.717, 1.165) is 11.1 Å². The first-order valence-corrected chi connectivity index (χ1v) is 8.75. The van der Waals surface area contributed by atoms with E-state index in [4.69, 9.17) is 4.74 Å². The Balaban J connectivity index is 1.97. The van der Waals surface area contributed by atoms with Crippen LogP contribution in [0.4, 0.5) is 0 Å². The van der Waals surface area contributed by atoms with Crippen LogP contribution in [0.3, 0.4) is 0 Å². The highest BCUT2D eigenvalue weighted by molar-refractivity contribution is 6.10. The van der Waals surface area contributed by atoms with Gasteiger partial charge < -0.3 is 14.9 Å². The number of nitrogens with zero attached hydrogens (tertiary/aromatic N) is 1. The second-order valence-corrected chi connectivity index (χ2v) is 8.06. The number of hydrogen-bond donors (Lipinski definition) is 2. The monoisotopic (exact) mass is 353 g/mol. The number of aliphatic carboxylic acids is 2. The molecule has 134 valence electrons. The molecule has 2 N–H and O–H groups in total. The van der Waals surface area contributed by atoms with Crippen LogP contribution in [-0.2, 0) is 20.7 Å². The smallest absolute Gasteiger partial charge is 0.317 e. The molecule has 1 saturated carbocycles. The van der Waals surface area contributed by atoms with Crippen molar-refractivity contribution < 1.29 is 24.5 Å². The summed E-state index contributed by atoms with van der Waals surface area (Å²) in [5.74, 6) is -3.71. The Morgan fingerprint density at radius 2 is 2.00 bits per heavy atom. The summed E-state index contributed by atoms with van der Waals surface area (Å²) in [4.78, 5) is 29.9. The molecule has 6 rings (SSSR count). The van der Waals surface area contributed by atoms with E-state index >= 15 is 0 Å². The molecule has 6 atom stereocenters. The lowest BCUT2D eigenvalue weighted by Gasteiger charge is -2.67. The Morgan fingerprint density at radius 3 is 2.69 bits per heavy atom.